The van der Waals surface area contributed by atoms with Gasteiger partial charge in [0, 0.05) is 4.47 Å². The molecule has 0 atom stereocenters. The standard InChI is InChI=1S/C17H25Br/c1-2-3-14-4-6-15(7-5-14)8-9-16-10-12-17(18)13-11-16/h10-15H,2-9H2,1H3/t14-,15-. The predicted molar refractivity (Wildman–Crippen MR) is 82.8 cm³/mol. The van der Waals surface area contributed by atoms with Gasteiger partial charge in [0.15, 0.2) is 0 Å². The van der Waals surface area contributed by atoms with Gasteiger partial charge in [0.1, 0.15) is 0 Å². The van der Waals surface area contributed by atoms with Crippen molar-refractivity contribution in [1.29, 1.82) is 0 Å². The van der Waals surface area contributed by atoms with Crippen molar-refractivity contribution in [1.82, 2.24) is 0 Å². The van der Waals surface area contributed by atoms with Crippen molar-refractivity contribution >= 4 is 15.9 Å². The summed E-state index contributed by atoms with van der Waals surface area (Å²) in [7, 11) is 0. The van der Waals surface area contributed by atoms with Crippen LogP contribution in [0.15, 0.2) is 28.7 Å². The van der Waals surface area contributed by atoms with Gasteiger partial charge in [-0.15, -0.1) is 0 Å². The van der Waals surface area contributed by atoms with E-state index in [1.807, 2.05) is 0 Å². The zero-order valence-electron chi connectivity index (χ0n) is 11.5. The molecule has 0 heterocycles. The minimum atomic E-state index is 0.988. The van der Waals surface area contributed by atoms with Crippen LogP contribution in [0.5, 0.6) is 0 Å². The summed E-state index contributed by atoms with van der Waals surface area (Å²) in [6.45, 7) is 2.32. The average molecular weight is 309 g/mol. The summed E-state index contributed by atoms with van der Waals surface area (Å²) in [6, 6.07) is 8.83. The molecule has 0 aromatic heterocycles. The molecule has 0 unspecified atom stereocenters. The molecule has 0 N–H and O–H groups in total. The fraction of sp³-hybridized carbons (Fsp3) is 0.647. The van der Waals surface area contributed by atoms with E-state index in [0.29, 0.717) is 0 Å². The maximum atomic E-state index is 3.49. The van der Waals surface area contributed by atoms with Gasteiger partial charge in [-0.2, -0.15) is 0 Å². The van der Waals surface area contributed by atoms with Crippen LogP contribution >= 0.6 is 15.9 Å². The maximum Gasteiger partial charge on any atom is 0.0175 e. The molecule has 2 rings (SSSR count). The summed E-state index contributed by atoms with van der Waals surface area (Å²) in [5.41, 5.74) is 1.49. The molecular weight excluding hydrogens is 284 g/mol. The SMILES string of the molecule is CCC[C@H]1CC[C@H](CCc2ccc(Br)cc2)CC1. The molecule has 1 aliphatic carbocycles. The van der Waals surface area contributed by atoms with E-state index < -0.39 is 0 Å². The van der Waals surface area contributed by atoms with E-state index in [1.54, 1.807) is 0 Å². The molecule has 0 saturated heterocycles. The summed E-state index contributed by atoms with van der Waals surface area (Å²) in [6.07, 6.45) is 11.4. The zero-order valence-corrected chi connectivity index (χ0v) is 13.1. The lowest BCUT2D eigenvalue weighted by Crippen LogP contribution is -2.15. The minimum absolute atomic E-state index is 0.988. The first-order valence-corrected chi connectivity index (χ1v) is 8.31. The van der Waals surface area contributed by atoms with E-state index >= 15 is 0 Å². The Kier molecular flexibility index (Phi) is 5.75. The summed E-state index contributed by atoms with van der Waals surface area (Å²) in [5, 5.41) is 0. The molecule has 18 heavy (non-hydrogen) atoms. The lowest BCUT2D eigenvalue weighted by atomic mass is 9.78. The first-order valence-electron chi connectivity index (χ1n) is 7.52. The molecule has 0 nitrogen and oxygen atoms in total. The molecular formula is C17H25Br. The van der Waals surface area contributed by atoms with E-state index in [0.717, 1.165) is 11.8 Å². The summed E-state index contributed by atoms with van der Waals surface area (Å²) < 4.78 is 1.19. The van der Waals surface area contributed by atoms with Crippen molar-refractivity contribution in [2.75, 3.05) is 0 Å². The molecule has 0 aliphatic heterocycles. The van der Waals surface area contributed by atoms with E-state index in [-0.39, 0.29) is 0 Å². The third kappa shape index (κ3) is 4.42. The molecule has 0 amide bonds. The van der Waals surface area contributed by atoms with Crippen LogP contribution in [0, 0.1) is 11.8 Å². The quantitative estimate of drug-likeness (QED) is 0.627. The predicted octanol–water partition coefficient (Wildman–Crippen LogP) is 5.99. The summed E-state index contributed by atoms with van der Waals surface area (Å²) in [5.74, 6) is 2.03. The van der Waals surface area contributed by atoms with Crippen LogP contribution in [-0.4, -0.2) is 0 Å². The number of hydrogen-bond donors (Lipinski definition) is 0. The van der Waals surface area contributed by atoms with Crippen LogP contribution in [0.2, 0.25) is 0 Å². The second-order valence-electron chi connectivity index (χ2n) is 5.84. The van der Waals surface area contributed by atoms with Crippen LogP contribution in [-0.2, 0) is 6.42 Å². The van der Waals surface area contributed by atoms with Crippen LogP contribution in [0.3, 0.4) is 0 Å². The Morgan fingerprint density at radius 3 is 2.06 bits per heavy atom. The first-order chi connectivity index (χ1) is 8.78. The number of aryl methyl sites for hydroxylation is 1. The van der Waals surface area contributed by atoms with Gasteiger partial charge < -0.3 is 0 Å². The number of benzene rings is 1. The molecule has 1 aromatic carbocycles. The fourth-order valence-electron chi connectivity index (χ4n) is 3.24. The zero-order chi connectivity index (χ0) is 12.8. The van der Waals surface area contributed by atoms with E-state index in [1.165, 1.54) is 61.4 Å². The number of rotatable bonds is 5. The maximum absolute atomic E-state index is 3.49. The molecule has 1 aromatic rings. The highest BCUT2D eigenvalue weighted by molar-refractivity contribution is 9.10. The highest BCUT2D eigenvalue weighted by Gasteiger charge is 2.20. The van der Waals surface area contributed by atoms with Gasteiger partial charge in [0.2, 0.25) is 0 Å². The van der Waals surface area contributed by atoms with Crippen molar-refractivity contribution < 1.29 is 0 Å². The molecule has 1 saturated carbocycles. The van der Waals surface area contributed by atoms with Gasteiger partial charge in [-0.3, -0.25) is 0 Å². The van der Waals surface area contributed by atoms with E-state index in [2.05, 4.69) is 47.1 Å². The van der Waals surface area contributed by atoms with Crippen LogP contribution in [0.25, 0.3) is 0 Å². The van der Waals surface area contributed by atoms with Crippen molar-refractivity contribution in [2.24, 2.45) is 11.8 Å². The van der Waals surface area contributed by atoms with E-state index in [4.69, 9.17) is 0 Å². The Labute approximate surface area is 120 Å². The summed E-state index contributed by atoms with van der Waals surface area (Å²) >= 11 is 3.49. The number of halogens is 1. The first kappa shape index (κ1) is 14.1. The van der Waals surface area contributed by atoms with Gasteiger partial charge in [-0.1, -0.05) is 73.5 Å². The second kappa shape index (κ2) is 7.33. The highest BCUT2D eigenvalue weighted by atomic mass is 79.9. The smallest absolute Gasteiger partial charge is 0.0175 e. The molecule has 0 radical (unpaired) electrons. The van der Waals surface area contributed by atoms with Crippen LogP contribution in [0.1, 0.15) is 57.4 Å². The van der Waals surface area contributed by atoms with Gasteiger partial charge in [-0.25, -0.2) is 0 Å². The van der Waals surface area contributed by atoms with Crippen molar-refractivity contribution in [2.45, 2.75) is 58.3 Å². The Bertz CT molecular complexity index is 333. The second-order valence-corrected chi connectivity index (χ2v) is 6.76. The monoisotopic (exact) mass is 308 g/mol. The fourth-order valence-corrected chi connectivity index (χ4v) is 3.50. The van der Waals surface area contributed by atoms with Gasteiger partial charge in [-0.05, 0) is 42.4 Å². The topological polar surface area (TPSA) is 0 Å². The lowest BCUT2D eigenvalue weighted by molar-refractivity contribution is 0.252. The van der Waals surface area contributed by atoms with Crippen molar-refractivity contribution in [3.8, 4) is 0 Å². The third-order valence-electron chi connectivity index (χ3n) is 4.42. The Morgan fingerprint density at radius 1 is 0.944 bits per heavy atom. The molecule has 0 spiro atoms. The summed E-state index contributed by atoms with van der Waals surface area (Å²) in [4.78, 5) is 0. The molecule has 1 fully saturated rings. The third-order valence-corrected chi connectivity index (χ3v) is 4.95. The highest BCUT2D eigenvalue weighted by Crippen LogP contribution is 2.33. The van der Waals surface area contributed by atoms with Gasteiger partial charge in [0.05, 0.1) is 0 Å². The largest absolute Gasteiger partial charge is 0.0654 e. The Hall–Kier alpha value is -0.300. The molecule has 0 bridgehead atoms. The van der Waals surface area contributed by atoms with Crippen molar-refractivity contribution in [3.63, 3.8) is 0 Å². The lowest BCUT2D eigenvalue weighted by Gasteiger charge is -2.28. The molecule has 1 heteroatoms. The molecule has 100 valence electrons. The molecule has 1 aliphatic rings. The Balaban J connectivity index is 1.70. The van der Waals surface area contributed by atoms with Gasteiger partial charge in [0.25, 0.3) is 0 Å². The normalized spacial score (nSPS) is 24.1. The minimum Gasteiger partial charge on any atom is -0.0654 e. The number of hydrogen-bond acceptors (Lipinski definition) is 0. The van der Waals surface area contributed by atoms with E-state index in [9.17, 15) is 0 Å². The van der Waals surface area contributed by atoms with Gasteiger partial charge >= 0.3 is 0 Å². The van der Waals surface area contributed by atoms with Crippen molar-refractivity contribution in [3.05, 3.63) is 34.3 Å². The van der Waals surface area contributed by atoms with Crippen LogP contribution < -0.4 is 0 Å². The van der Waals surface area contributed by atoms with Crippen LogP contribution in [0.4, 0.5) is 0 Å². The Morgan fingerprint density at radius 2 is 1.50 bits per heavy atom. The average Bonchev–Trinajstić information content (AvgIpc) is 2.40.